The smallest absolute Gasteiger partial charge is 0.0547 e. The molecule has 16 aromatic rings. The number of para-hydroxylation sites is 2. The molecule has 0 saturated carbocycles. The average Bonchev–Trinajstić information content (AvgIpc) is 3.97. The van der Waals surface area contributed by atoms with Crippen LogP contribution in [0.1, 0.15) is 0 Å². The molecule has 14 aromatic carbocycles. The van der Waals surface area contributed by atoms with Gasteiger partial charge in [0, 0.05) is 32.9 Å². The van der Waals surface area contributed by atoms with E-state index in [-0.39, 0.29) is 0 Å². The summed E-state index contributed by atoms with van der Waals surface area (Å²) in [5, 5.41) is 17.5. The van der Waals surface area contributed by atoms with E-state index < -0.39 is 0 Å². The lowest BCUT2D eigenvalue weighted by molar-refractivity contribution is 1.18. The lowest BCUT2D eigenvalue weighted by Gasteiger charge is -2.21. The summed E-state index contributed by atoms with van der Waals surface area (Å²) in [5.41, 5.74) is 16.8. The third-order valence-corrected chi connectivity index (χ3v) is 16.0. The van der Waals surface area contributed by atoms with E-state index in [0.717, 1.165) is 11.4 Å². The van der Waals surface area contributed by atoms with Gasteiger partial charge in [0.1, 0.15) is 0 Å². The molecule has 0 aliphatic heterocycles. The molecular weight excluding hydrogens is 893 g/mol. The topological polar surface area (TPSA) is 9.86 Å². The van der Waals surface area contributed by atoms with Crippen molar-refractivity contribution in [2.45, 2.75) is 0 Å². The van der Waals surface area contributed by atoms with Crippen LogP contribution in [0.4, 0.5) is 0 Å². The molecular formula is C72H44N2. The van der Waals surface area contributed by atoms with Gasteiger partial charge in [0.25, 0.3) is 0 Å². The van der Waals surface area contributed by atoms with Crippen LogP contribution in [0, 0.1) is 0 Å². The lowest BCUT2D eigenvalue weighted by atomic mass is 9.82. The fourth-order valence-electron chi connectivity index (χ4n) is 12.6. The third kappa shape index (κ3) is 6.06. The van der Waals surface area contributed by atoms with Gasteiger partial charge in [-0.3, -0.25) is 0 Å². The Morgan fingerprint density at radius 1 is 0.189 bits per heavy atom. The molecule has 0 unspecified atom stereocenters. The summed E-state index contributed by atoms with van der Waals surface area (Å²) in [7, 11) is 0. The predicted molar refractivity (Wildman–Crippen MR) is 316 cm³/mol. The van der Waals surface area contributed by atoms with Crippen LogP contribution >= 0.6 is 0 Å². The van der Waals surface area contributed by atoms with E-state index in [0.29, 0.717) is 0 Å². The van der Waals surface area contributed by atoms with Gasteiger partial charge in [0.2, 0.25) is 0 Å². The van der Waals surface area contributed by atoms with E-state index in [1.54, 1.807) is 0 Å². The van der Waals surface area contributed by atoms with Gasteiger partial charge >= 0.3 is 0 Å². The molecule has 2 heterocycles. The summed E-state index contributed by atoms with van der Waals surface area (Å²) in [6.45, 7) is 0. The van der Waals surface area contributed by atoms with Gasteiger partial charge in [-0.1, -0.05) is 182 Å². The highest BCUT2D eigenvalue weighted by Crippen LogP contribution is 2.50. The predicted octanol–water partition coefficient (Wildman–Crippen LogP) is 19.8. The monoisotopic (exact) mass is 936 g/mol. The molecule has 0 amide bonds. The number of hydrogen-bond acceptors (Lipinski definition) is 0. The van der Waals surface area contributed by atoms with E-state index in [1.807, 2.05) is 0 Å². The molecule has 0 bridgehead atoms. The highest BCUT2D eigenvalue weighted by Gasteiger charge is 2.23. The van der Waals surface area contributed by atoms with Crippen LogP contribution < -0.4 is 0 Å². The van der Waals surface area contributed by atoms with Gasteiger partial charge in [-0.2, -0.15) is 0 Å². The summed E-state index contributed by atoms with van der Waals surface area (Å²) in [6, 6.07) is 99.4. The van der Waals surface area contributed by atoms with Gasteiger partial charge in [-0.05, 0) is 183 Å². The maximum atomic E-state index is 2.46. The van der Waals surface area contributed by atoms with Crippen molar-refractivity contribution >= 4 is 97.5 Å². The first-order valence-corrected chi connectivity index (χ1v) is 25.7. The summed E-state index contributed by atoms with van der Waals surface area (Å²) < 4.78 is 4.87. The number of benzene rings is 14. The molecule has 16 rings (SSSR count). The molecule has 342 valence electrons. The van der Waals surface area contributed by atoms with Crippen LogP contribution in [0.3, 0.4) is 0 Å². The first-order valence-electron chi connectivity index (χ1n) is 25.7. The molecule has 0 N–H and O–H groups in total. The molecule has 0 aliphatic carbocycles. The summed E-state index contributed by atoms with van der Waals surface area (Å²) in [5.74, 6) is 0. The minimum absolute atomic E-state index is 1.16. The maximum Gasteiger partial charge on any atom is 0.0547 e. The largest absolute Gasteiger partial charge is 0.309 e. The normalized spacial score (nSPS) is 12.1. The van der Waals surface area contributed by atoms with Gasteiger partial charge in [0.15, 0.2) is 0 Å². The first kappa shape index (κ1) is 40.9. The van der Waals surface area contributed by atoms with Crippen LogP contribution in [0.15, 0.2) is 267 Å². The Hall–Kier alpha value is -9.76. The molecule has 2 heteroatoms. The molecule has 0 atom stereocenters. The Bertz CT molecular complexity index is 4600. The molecule has 0 aliphatic rings. The number of nitrogens with zero attached hydrogens (tertiary/aromatic N) is 2. The minimum Gasteiger partial charge on any atom is -0.309 e. The molecule has 2 aromatic heterocycles. The van der Waals surface area contributed by atoms with E-state index >= 15 is 0 Å². The Balaban J connectivity index is 0.999. The molecule has 0 spiro atoms. The van der Waals surface area contributed by atoms with Crippen molar-refractivity contribution in [3.8, 4) is 55.9 Å². The average molecular weight is 937 g/mol. The quantitative estimate of drug-likeness (QED) is 0.147. The van der Waals surface area contributed by atoms with Crippen LogP contribution in [-0.4, -0.2) is 9.13 Å². The Kier molecular flexibility index (Phi) is 8.78. The van der Waals surface area contributed by atoms with Crippen LogP contribution in [0.2, 0.25) is 0 Å². The maximum absolute atomic E-state index is 2.46. The second kappa shape index (κ2) is 15.9. The van der Waals surface area contributed by atoms with Gasteiger partial charge in [-0.25, -0.2) is 0 Å². The molecule has 0 saturated heterocycles. The third-order valence-electron chi connectivity index (χ3n) is 16.0. The number of fused-ring (bicyclic) bond motifs is 8. The minimum atomic E-state index is 1.16. The van der Waals surface area contributed by atoms with Crippen molar-refractivity contribution in [3.05, 3.63) is 267 Å². The second-order valence-electron chi connectivity index (χ2n) is 20.0. The van der Waals surface area contributed by atoms with Crippen molar-refractivity contribution in [2.75, 3.05) is 0 Å². The Morgan fingerprint density at radius 3 is 0.878 bits per heavy atom. The summed E-state index contributed by atoms with van der Waals surface area (Å²) in [6.07, 6.45) is 0. The highest BCUT2D eigenvalue weighted by atomic mass is 15.0. The SMILES string of the molecule is c1ccc(-c2cc(-c3ccc4c(c3)c3cc5ccccc5cc3n4-c3ccccc3)c3ccc4c(-c5ccccc5)cc(-c5ccc6c(c5)c5cc7ccccc7cc5n6-c5ccccc5)c5ccc2c3c45)cc1. The fourth-order valence-corrected chi connectivity index (χ4v) is 12.6. The van der Waals surface area contributed by atoms with Gasteiger partial charge < -0.3 is 9.13 Å². The first-order chi connectivity index (χ1) is 36.7. The second-order valence-corrected chi connectivity index (χ2v) is 20.0. The van der Waals surface area contributed by atoms with Crippen molar-refractivity contribution in [1.29, 1.82) is 0 Å². The summed E-state index contributed by atoms with van der Waals surface area (Å²) in [4.78, 5) is 0. The van der Waals surface area contributed by atoms with E-state index in [9.17, 15) is 0 Å². The molecule has 0 fully saturated rings. The zero-order valence-electron chi connectivity index (χ0n) is 40.3. The fraction of sp³-hybridized carbons (Fsp3) is 0. The van der Waals surface area contributed by atoms with Crippen molar-refractivity contribution in [3.63, 3.8) is 0 Å². The van der Waals surface area contributed by atoms with E-state index in [2.05, 4.69) is 276 Å². The number of aromatic nitrogens is 2. The van der Waals surface area contributed by atoms with E-state index in [4.69, 9.17) is 0 Å². The molecule has 74 heavy (non-hydrogen) atoms. The molecule has 0 radical (unpaired) electrons. The number of rotatable bonds is 6. The zero-order valence-corrected chi connectivity index (χ0v) is 40.3. The van der Waals surface area contributed by atoms with Gasteiger partial charge in [-0.15, -0.1) is 0 Å². The van der Waals surface area contributed by atoms with Crippen LogP contribution in [-0.2, 0) is 0 Å². The van der Waals surface area contributed by atoms with Crippen LogP contribution in [0.25, 0.3) is 153 Å². The van der Waals surface area contributed by atoms with E-state index in [1.165, 1.54) is 142 Å². The molecule has 2 nitrogen and oxygen atoms in total. The van der Waals surface area contributed by atoms with Crippen molar-refractivity contribution in [2.24, 2.45) is 0 Å². The van der Waals surface area contributed by atoms with Crippen molar-refractivity contribution < 1.29 is 0 Å². The number of hydrogen-bond donors (Lipinski definition) is 0. The summed E-state index contributed by atoms with van der Waals surface area (Å²) >= 11 is 0. The zero-order chi connectivity index (χ0) is 48.4. The lowest BCUT2D eigenvalue weighted by Crippen LogP contribution is -1.95. The van der Waals surface area contributed by atoms with Crippen LogP contribution in [0.5, 0.6) is 0 Å². The Labute approximate surface area is 427 Å². The van der Waals surface area contributed by atoms with Gasteiger partial charge in [0.05, 0.1) is 22.1 Å². The Morgan fingerprint density at radius 2 is 0.500 bits per heavy atom. The van der Waals surface area contributed by atoms with Crippen molar-refractivity contribution in [1.82, 2.24) is 9.13 Å². The highest BCUT2D eigenvalue weighted by molar-refractivity contribution is 6.32. The standard InChI is InChI=1S/C72H44N2/c1-5-17-45(18-6-1)59-43-61(51-29-35-67-63(39-51)65-37-47-21-13-15-23-49(47)41-69(65)73(67)53-25-9-3-10-26-53)57-34-32-56-60(46-19-7-2-8-20-46)44-62(58-33-31-55(59)71(57)72(56)58)52-30-36-68-64(40-52)66-38-48-22-14-16-24-50(48)42-70(66)74(68)54-27-11-4-12-28-54/h1-44H.